The molecule has 4 aliphatic carbocycles. The van der Waals surface area contributed by atoms with Crippen molar-refractivity contribution < 1.29 is 23.1 Å². The van der Waals surface area contributed by atoms with Gasteiger partial charge in [-0.1, -0.05) is 0 Å². The molecule has 6 rings (SSSR count). The second-order valence-electron chi connectivity index (χ2n) is 9.88. The molecule has 1 aliphatic heterocycles. The molecular weight excluding hydrogens is 424 g/mol. The van der Waals surface area contributed by atoms with Crippen molar-refractivity contribution in [3.05, 3.63) is 17.0 Å². The summed E-state index contributed by atoms with van der Waals surface area (Å²) < 4.78 is 32.5. The van der Waals surface area contributed by atoms with Gasteiger partial charge in [-0.15, -0.1) is 11.3 Å². The van der Waals surface area contributed by atoms with Crippen molar-refractivity contribution in [1.82, 2.24) is 9.62 Å². The summed E-state index contributed by atoms with van der Waals surface area (Å²) in [6.45, 7) is 1.94. The third-order valence-corrected chi connectivity index (χ3v) is 10.8. The Bertz CT molecular complexity index is 908. The summed E-state index contributed by atoms with van der Waals surface area (Å²) in [7, 11) is -3.49. The Balaban J connectivity index is 1.19. The van der Waals surface area contributed by atoms with Crippen LogP contribution in [-0.4, -0.2) is 55.6 Å². The van der Waals surface area contributed by atoms with Gasteiger partial charge in [-0.25, -0.2) is 8.42 Å². The van der Waals surface area contributed by atoms with Gasteiger partial charge in [0.05, 0.1) is 25.4 Å². The van der Waals surface area contributed by atoms with E-state index < -0.39 is 15.6 Å². The lowest BCUT2D eigenvalue weighted by Crippen LogP contribution is -2.56. The molecule has 5 aliphatic rings. The van der Waals surface area contributed by atoms with E-state index in [-0.39, 0.29) is 11.3 Å². The maximum Gasteiger partial charge on any atom is 0.252 e. The maximum atomic E-state index is 12.8. The van der Waals surface area contributed by atoms with Gasteiger partial charge in [0.15, 0.2) is 0 Å². The average molecular weight is 455 g/mol. The minimum absolute atomic E-state index is 0.00605. The number of morpholine rings is 1. The molecule has 2 heterocycles. The number of hydrogen-bond donors (Lipinski definition) is 2. The van der Waals surface area contributed by atoms with Gasteiger partial charge in [-0.05, 0) is 67.9 Å². The van der Waals surface area contributed by atoms with E-state index in [0.29, 0.717) is 55.3 Å². The highest BCUT2D eigenvalue weighted by Crippen LogP contribution is 2.62. The Kier molecular flexibility index (Phi) is 5.25. The van der Waals surface area contributed by atoms with Gasteiger partial charge in [-0.2, -0.15) is 4.31 Å². The van der Waals surface area contributed by atoms with E-state index in [4.69, 9.17) is 4.74 Å². The molecule has 1 saturated heterocycles. The van der Waals surface area contributed by atoms with E-state index in [0.717, 1.165) is 37.0 Å². The first-order valence-electron chi connectivity index (χ1n) is 10.9. The minimum atomic E-state index is -3.49. The normalized spacial score (nSPS) is 36.2. The van der Waals surface area contributed by atoms with E-state index in [1.165, 1.54) is 22.1 Å². The summed E-state index contributed by atoms with van der Waals surface area (Å²) >= 11 is 1.22. The van der Waals surface area contributed by atoms with Crippen LogP contribution in [0.4, 0.5) is 0 Å². The van der Waals surface area contributed by atoms with Gasteiger partial charge in [0.2, 0.25) is 5.91 Å². The number of carbonyl (C=O) groups excluding carboxylic acids is 1. The van der Waals surface area contributed by atoms with E-state index in [2.05, 4.69) is 5.32 Å². The molecule has 166 valence electrons. The molecule has 1 amide bonds. The molecule has 30 heavy (non-hydrogen) atoms. The Hall–Kier alpha value is -1.00. The van der Waals surface area contributed by atoms with Crippen LogP contribution in [0.1, 0.15) is 49.8 Å². The zero-order chi connectivity index (χ0) is 21.0. The first-order valence-corrected chi connectivity index (χ1v) is 13.2. The lowest BCUT2D eigenvalue weighted by molar-refractivity contribution is -0.169. The molecule has 7 nitrogen and oxygen atoms in total. The van der Waals surface area contributed by atoms with Gasteiger partial charge in [0.25, 0.3) is 10.0 Å². The number of rotatable bonds is 6. The number of sulfonamides is 1. The lowest BCUT2D eigenvalue weighted by atomic mass is 9.47. The van der Waals surface area contributed by atoms with Crippen LogP contribution in [0, 0.1) is 17.3 Å². The predicted molar refractivity (Wildman–Crippen MR) is 112 cm³/mol. The summed E-state index contributed by atoms with van der Waals surface area (Å²) in [6, 6.07) is 3.41. The summed E-state index contributed by atoms with van der Waals surface area (Å²) in [5, 5.41) is 13.9. The zero-order valence-corrected chi connectivity index (χ0v) is 18.8. The first-order chi connectivity index (χ1) is 14.3. The highest BCUT2D eigenvalue weighted by atomic mass is 32.2. The predicted octanol–water partition coefficient (Wildman–Crippen LogP) is 2.11. The SMILES string of the molecule is O=C(CC12C[C@H]3C[C@@H](CC(O)(C3)C1)C2)NCc1ccc(S(=O)(=O)N2CCOCC2)s1. The number of thiophene rings is 1. The quantitative estimate of drug-likeness (QED) is 0.686. The molecule has 2 N–H and O–H groups in total. The van der Waals surface area contributed by atoms with E-state index >= 15 is 0 Å². The number of carbonyl (C=O) groups is 1. The van der Waals surface area contributed by atoms with Crippen molar-refractivity contribution in [1.29, 1.82) is 0 Å². The maximum absolute atomic E-state index is 12.8. The fraction of sp³-hybridized carbons (Fsp3) is 0.762. The molecule has 1 aromatic heterocycles. The van der Waals surface area contributed by atoms with Crippen molar-refractivity contribution in [3.8, 4) is 0 Å². The number of ether oxygens (including phenoxy) is 1. The first kappa shape index (κ1) is 20.9. The van der Waals surface area contributed by atoms with Crippen LogP contribution >= 0.6 is 11.3 Å². The van der Waals surface area contributed by atoms with Crippen LogP contribution in [0.5, 0.6) is 0 Å². The number of hydrogen-bond acceptors (Lipinski definition) is 6. The van der Waals surface area contributed by atoms with Gasteiger partial charge >= 0.3 is 0 Å². The molecule has 0 aromatic carbocycles. The molecule has 4 bridgehead atoms. The standard InChI is InChI=1S/C21H30N2O5S2/c24-18(12-20-8-15-7-16(9-20)11-21(25,10-15)14-20)22-13-17-1-2-19(29-17)30(26,27)23-3-5-28-6-4-23/h1-2,15-16,25H,3-14H2,(H,22,24)/t15-,16-,20?,21?/m1/s1. The van der Waals surface area contributed by atoms with Crippen LogP contribution in [0.3, 0.4) is 0 Å². The van der Waals surface area contributed by atoms with Crippen molar-refractivity contribution in [2.45, 2.75) is 61.3 Å². The lowest BCUT2D eigenvalue weighted by Gasteiger charge is -2.60. The van der Waals surface area contributed by atoms with Crippen molar-refractivity contribution in [2.24, 2.45) is 17.3 Å². The summed E-state index contributed by atoms with van der Waals surface area (Å²) in [5.41, 5.74) is -0.607. The third kappa shape index (κ3) is 3.95. The smallest absolute Gasteiger partial charge is 0.252 e. The van der Waals surface area contributed by atoms with Gasteiger partial charge in [0, 0.05) is 24.4 Å². The highest BCUT2D eigenvalue weighted by Gasteiger charge is 2.57. The largest absolute Gasteiger partial charge is 0.390 e. The fourth-order valence-electron chi connectivity index (χ4n) is 6.70. The molecule has 0 spiro atoms. The van der Waals surface area contributed by atoms with Crippen LogP contribution in [0.25, 0.3) is 0 Å². The van der Waals surface area contributed by atoms with Crippen molar-refractivity contribution >= 4 is 27.3 Å². The number of amides is 1. The van der Waals surface area contributed by atoms with Crippen LogP contribution in [-0.2, 0) is 26.1 Å². The van der Waals surface area contributed by atoms with Gasteiger partial charge in [0.1, 0.15) is 4.21 Å². The topological polar surface area (TPSA) is 95.9 Å². The summed E-state index contributed by atoms with van der Waals surface area (Å²) in [6.07, 6.45) is 6.35. The fourth-order valence-corrected chi connectivity index (χ4v) is 9.56. The number of nitrogens with one attached hydrogen (secondary N) is 1. The molecule has 5 fully saturated rings. The van der Waals surface area contributed by atoms with Crippen LogP contribution in [0.15, 0.2) is 16.3 Å². The molecule has 0 radical (unpaired) electrons. The molecule has 2 atom stereocenters. The Morgan fingerprint density at radius 3 is 2.57 bits per heavy atom. The molecule has 9 heteroatoms. The van der Waals surface area contributed by atoms with Crippen molar-refractivity contribution in [3.63, 3.8) is 0 Å². The van der Waals surface area contributed by atoms with Crippen molar-refractivity contribution in [2.75, 3.05) is 26.3 Å². The third-order valence-electron chi connectivity index (χ3n) is 7.35. The van der Waals surface area contributed by atoms with Crippen LogP contribution < -0.4 is 5.32 Å². The second kappa shape index (κ2) is 7.55. The number of aliphatic hydroxyl groups is 1. The Morgan fingerprint density at radius 1 is 1.20 bits per heavy atom. The molecule has 0 unspecified atom stereocenters. The Morgan fingerprint density at radius 2 is 1.90 bits per heavy atom. The highest BCUT2D eigenvalue weighted by molar-refractivity contribution is 7.91. The van der Waals surface area contributed by atoms with Crippen LogP contribution in [0.2, 0.25) is 0 Å². The monoisotopic (exact) mass is 454 g/mol. The zero-order valence-electron chi connectivity index (χ0n) is 17.1. The number of nitrogens with zero attached hydrogens (tertiary/aromatic N) is 1. The average Bonchev–Trinajstić information content (AvgIpc) is 3.15. The molecule has 4 saturated carbocycles. The van der Waals surface area contributed by atoms with E-state index in [9.17, 15) is 18.3 Å². The molecular formula is C21H30N2O5S2. The Labute approximate surface area is 181 Å². The van der Waals surface area contributed by atoms with E-state index in [1.54, 1.807) is 12.1 Å². The summed E-state index contributed by atoms with van der Waals surface area (Å²) in [5.74, 6) is 1.13. The van der Waals surface area contributed by atoms with E-state index in [1.807, 2.05) is 0 Å². The minimum Gasteiger partial charge on any atom is -0.390 e. The van der Waals surface area contributed by atoms with Gasteiger partial charge < -0.3 is 15.2 Å². The molecule has 1 aromatic rings. The second-order valence-corrected chi connectivity index (χ2v) is 13.2. The van der Waals surface area contributed by atoms with Gasteiger partial charge in [-0.3, -0.25) is 4.79 Å². The summed E-state index contributed by atoms with van der Waals surface area (Å²) in [4.78, 5) is 13.6.